The molecule has 1 aliphatic rings. The van der Waals surface area contributed by atoms with Gasteiger partial charge in [-0.3, -0.25) is 5.41 Å². The van der Waals surface area contributed by atoms with E-state index in [1.54, 1.807) is 0 Å². The van der Waals surface area contributed by atoms with E-state index in [9.17, 15) is 5.41 Å². The monoisotopic (exact) mass is 779 g/mol. The summed E-state index contributed by atoms with van der Waals surface area (Å²) in [5.41, 5.74) is 18.9. The number of nitrogens with one attached hydrogen (secondary N) is 2. The second-order valence-corrected chi connectivity index (χ2v) is 15.2. The number of allylic oxidation sites excluding steroid dienone is 1. The molecule has 3 heteroatoms. The predicted octanol–water partition coefficient (Wildman–Crippen LogP) is 14.5. The first-order valence-electron chi connectivity index (χ1n) is 20.6. The summed E-state index contributed by atoms with van der Waals surface area (Å²) in [7, 11) is 0. The molecule has 8 aromatic carbocycles. The first kappa shape index (κ1) is 37.2. The molecule has 1 aliphatic heterocycles. The summed E-state index contributed by atoms with van der Waals surface area (Å²) in [6.07, 6.45) is 2.27. The van der Waals surface area contributed by atoms with E-state index < -0.39 is 0 Å². The van der Waals surface area contributed by atoms with Crippen molar-refractivity contribution in [3.63, 3.8) is 0 Å². The molecule has 0 atom stereocenters. The number of nitrogens with zero attached hydrogens (tertiary/aromatic N) is 1. The van der Waals surface area contributed by atoms with Gasteiger partial charge in [0, 0.05) is 33.5 Å². The molecule has 9 aromatic rings. The number of aromatic nitrogens is 1. The zero-order chi connectivity index (χ0) is 41.0. The van der Waals surface area contributed by atoms with Crippen molar-refractivity contribution < 1.29 is 0 Å². The third-order valence-electron chi connectivity index (χ3n) is 11.3. The van der Waals surface area contributed by atoms with Gasteiger partial charge in [-0.25, -0.2) is 4.98 Å². The molecular weight excluding hydrogens is 739 g/mol. The highest BCUT2D eigenvalue weighted by Gasteiger charge is 2.25. The smallest absolute Gasteiger partial charge is 0.0715 e. The van der Waals surface area contributed by atoms with Crippen LogP contribution < -0.4 is 5.32 Å². The standard InChI is InChI=1S/C58H41N3/c59-57(44-27-14-5-15-28-44)56(43-25-12-4-13-26-43)58-51-34-18-33-50(52(51)39-55(61-58)42-23-10-3-11-24-42)47-31-16-30-46(35-47)49-37-53(41-21-8-2-9-22-41)60-54(38-49)48-32-17-29-45(36-48)40-19-6-1-7-20-40/h1-39,59,61H/b58-56-,59-57?. The van der Waals surface area contributed by atoms with Gasteiger partial charge in [-0.05, 0) is 80.4 Å². The van der Waals surface area contributed by atoms with Crippen molar-refractivity contribution in [1.29, 1.82) is 5.41 Å². The summed E-state index contributed by atoms with van der Waals surface area (Å²) in [4.78, 5) is 5.26. The molecule has 61 heavy (non-hydrogen) atoms. The van der Waals surface area contributed by atoms with Crippen LogP contribution in [0.1, 0.15) is 27.8 Å². The molecule has 0 saturated carbocycles. The topological polar surface area (TPSA) is 48.8 Å². The number of pyridine rings is 1. The molecule has 0 bridgehead atoms. The molecule has 0 unspecified atom stereocenters. The summed E-state index contributed by atoms with van der Waals surface area (Å²) >= 11 is 0. The van der Waals surface area contributed by atoms with E-state index >= 15 is 0 Å². The Labute approximate surface area is 357 Å². The minimum absolute atomic E-state index is 0.457. The van der Waals surface area contributed by atoms with Gasteiger partial charge in [0.2, 0.25) is 0 Å². The quantitative estimate of drug-likeness (QED) is 0.143. The van der Waals surface area contributed by atoms with Gasteiger partial charge in [0.25, 0.3) is 0 Å². The second kappa shape index (κ2) is 16.6. The van der Waals surface area contributed by atoms with E-state index in [-0.39, 0.29) is 0 Å². The van der Waals surface area contributed by atoms with Crippen molar-refractivity contribution in [1.82, 2.24) is 10.3 Å². The van der Waals surface area contributed by atoms with Gasteiger partial charge in [-0.2, -0.15) is 0 Å². The highest BCUT2D eigenvalue weighted by atomic mass is 14.9. The summed E-state index contributed by atoms with van der Waals surface area (Å²) in [5, 5.41) is 13.5. The van der Waals surface area contributed by atoms with E-state index in [1.165, 1.54) is 5.56 Å². The Morgan fingerprint density at radius 3 is 1.48 bits per heavy atom. The van der Waals surface area contributed by atoms with Gasteiger partial charge in [0.05, 0.1) is 22.8 Å². The van der Waals surface area contributed by atoms with E-state index in [0.717, 1.165) is 95.1 Å². The van der Waals surface area contributed by atoms with Crippen LogP contribution in [0.15, 0.2) is 231 Å². The van der Waals surface area contributed by atoms with Gasteiger partial charge >= 0.3 is 0 Å². The Kier molecular flexibility index (Phi) is 10.1. The lowest BCUT2D eigenvalue weighted by molar-refractivity contribution is 1.22. The van der Waals surface area contributed by atoms with Crippen molar-refractivity contribution in [2.24, 2.45) is 0 Å². The molecule has 1 aromatic heterocycles. The highest BCUT2D eigenvalue weighted by molar-refractivity contribution is 6.36. The van der Waals surface area contributed by atoms with Crippen LogP contribution in [0.5, 0.6) is 0 Å². The van der Waals surface area contributed by atoms with Crippen LogP contribution in [0.25, 0.3) is 78.9 Å². The molecule has 288 valence electrons. The SMILES string of the molecule is N=C(/C(=C1\NC(c2ccccc2)=Cc2c1cccc2-c1cccc(-c2cc(-c3ccccc3)nc(-c3cccc(-c4ccccc4)c3)c2)c1)c1ccccc1)c1ccccc1. The fourth-order valence-corrected chi connectivity index (χ4v) is 8.27. The fourth-order valence-electron chi connectivity index (χ4n) is 8.27. The lowest BCUT2D eigenvalue weighted by atomic mass is 9.85. The number of benzene rings is 8. The maximum atomic E-state index is 9.71. The zero-order valence-electron chi connectivity index (χ0n) is 33.5. The van der Waals surface area contributed by atoms with Crippen LogP contribution in [-0.2, 0) is 0 Å². The average Bonchev–Trinajstić information content (AvgIpc) is 3.35. The van der Waals surface area contributed by atoms with Gasteiger partial charge in [0.15, 0.2) is 0 Å². The lowest BCUT2D eigenvalue weighted by Gasteiger charge is -2.27. The van der Waals surface area contributed by atoms with Crippen LogP contribution >= 0.6 is 0 Å². The Bertz CT molecular complexity index is 3080. The van der Waals surface area contributed by atoms with Crippen molar-refractivity contribution in [2.45, 2.75) is 0 Å². The largest absolute Gasteiger partial charge is 0.354 e. The van der Waals surface area contributed by atoms with Crippen LogP contribution in [0.2, 0.25) is 0 Å². The summed E-state index contributed by atoms with van der Waals surface area (Å²) < 4.78 is 0. The molecule has 0 radical (unpaired) electrons. The minimum Gasteiger partial charge on any atom is -0.354 e. The minimum atomic E-state index is 0.457. The van der Waals surface area contributed by atoms with Gasteiger partial charge in [-0.1, -0.05) is 206 Å². The number of hydrogen-bond donors (Lipinski definition) is 2. The van der Waals surface area contributed by atoms with E-state index in [1.807, 2.05) is 60.7 Å². The number of rotatable bonds is 9. The Morgan fingerprint density at radius 1 is 0.361 bits per heavy atom. The van der Waals surface area contributed by atoms with Gasteiger partial charge in [0.1, 0.15) is 0 Å². The third-order valence-corrected chi connectivity index (χ3v) is 11.3. The van der Waals surface area contributed by atoms with E-state index in [2.05, 4.69) is 181 Å². The maximum Gasteiger partial charge on any atom is 0.0715 e. The molecule has 3 nitrogen and oxygen atoms in total. The van der Waals surface area contributed by atoms with Gasteiger partial charge < -0.3 is 5.32 Å². The van der Waals surface area contributed by atoms with E-state index in [4.69, 9.17) is 4.98 Å². The van der Waals surface area contributed by atoms with Crippen molar-refractivity contribution in [2.75, 3.05) is 0 Å². The molecule has 2 heterocycles. The average molecular weight is 780 g/mol. The molecule has 0 spiro atoms. The lowest BCUT2D eigenvalue weighted by Crippen LogP contribution is -2.20. The first-order valence-corrected chi connectivity index (χ1v) is 20.6. The van der Waals surface area contributed by atoms with Crippen LogP contribution in [-0.4, -0.2) is 10.7 Å². The molecule has 2 N–H and O–H groups in total. The zero-order valence-corrected chi connectivity index (χ0v) is 33.5. The van der Waals surface area contributed by atoms with E-state index in [0.29, 0.717) is 5.71 Å². The molecule has 0 amide bonds. The Hall–Kier alpha value is -8.14. The second-order valence-electron chi connectivity index (χ2n) is 15.2. The highest BCUT2D eigenvalue weighted by Crippen LogP contribution is 2.41. The normalized spacial score (nSPS) is 12.8. The Balaban J connectivity index is 1.15. The van der Waals surface area contributed by atoms with Crippen LogP contribution in [0.4, 0.5) is 0 Å². The molecule has 0 fully saturated rings. The van der Waals surface area contributed by atoms with Crippen molar-refractivity contribution in [3.8, 4) is 55.9 Å². The van der Waals surface area contributed by atoms with Crippen molar-refractivity contribution >= 4 is 28.8 Å². The summed E-state index contributed by atoms with van der Waals surface area (Å²) in [5.74, 6) is 0. The van der Waals surface area contributed by atoms with Crippen LogP contribution in [0.3, 0.4) is 0 Å². The number of fused-ring (bicyclic) bond motifs is 1. The molecule has 10 rings (SSSR count). The van der Waals surface area contributed by atoms with Gasteiger partial charge in [-0.15, -0.1) is 0 Å². The third kappa shape index (κ3) is 7.65. The van der Waals surface area contributed by atoms with Crippen LogP contribution in [0, 0.1) is 5.41 Å². The predicted molar refractivity (Wildman–Crippen MR) is 255 cm³/mol. The summed E-state index contributed by atoms with van der Waals surface area (Å²) in [6.45, 7) is 0. The van der Waals surface area contributed by atoms with Crippen molar-refractivity contribution in [3.05, 3.63) is 258 Å². The molecule has 0 saturated heterocycles. The maximum absolute atomic E-state index is 9.71. The first-order chi connectivity index (χ1) is 30.2. The molecule has 0 aliphatic carbocycles. The number of hydrogen-bond acceptors (Lipinski definition) is 3. The fraction of sp³-hybridized carbons (Fsp3) is 0. The Morgan fingerprint density at radius 2 is 0.820 bits per heavy atom. The molecular formula is C58H41N3. The summed E-state index contributed by atoms with van der Waals surface area (Å²) in [6, 6.07) is 80.2.